The van der Waals surface area contributed by atoms with Crippen molar-refractivity contribution < 1.29 is 10.0 Å². The molecule has 7 heteroatoms. The Morgan fingerprint density at radius 3 is 2.57 bits per heavy atom. The third-order valence-electron chi connectivity index (χ3n) is 3.86. The van der Waals surface area contributed by atoms with Crippen molar-refractivity contribution in [1.82, 2.24) is 9.71 Å². The van der Waals surface area contributed by atoms with Gasteiger partial charge in [-0.2, -0.15) is 4.98 Å². The Bertz CT molecular complexity index is 751. The van der Waals surface area contributed by atoms with E-state index in [4.69, 9.17) is 5.41 Å². The van der Waals surface area contributed by atoms with Crippen LogP contribution in [-0.2, 0) is 0 Å². The molecule has 23 heavy (non-hydrogen) atoms. The van der Waals surface area contributed by atoms with E-state index in [0.717, 1.165) is 25.9 Å². The van der Waals surface area contributed by atoms with Crippen molar-refractivity contribution >= 4 is 17.7 Å². The minimum Gasteiger partial charge on any atom is -0.423 e. The third kappa shape index (κ3) is 3.33. The highest BCUT2D eigenvalue weighted by atomic mass is 16.5. The summed E-state index contributed by atoms with van der Waals surface area (Å²) in [4.78, 5) is 18.6. The normalized spacial score (nSPS) is 14.5. The molecule has 0 unspecified atom stereocenters. The van der Waals surface area contributed by atoms with Gasteiger partial charge in [0.05, 0.1) is 0 Å². The average Bonchev–Trinajstić information content (AvgIpc) is 2.60. The molecule has 120 valence electrons. The van der Waals surface area contributed by atoms with Crippen molar-refractivity contribution in [2.75, 3.05) is 23.3 Å². The van der Waals surface area contributed by atoms with Gasteiger partial charge in [-0.25, -0.2) is 0 Å². The molecule has 1 fully saturated rings. The molecular formula is C16H19N5O2. The van der Waals surface area contributed by atoms with Crippen molar-refractivity contribution in [2.24, 2.45) is 0 Å². The first-order valence-corrected chi connectivity index (χ1v) is 7.64. The van der Waals surface area contributed by atoms with Crippen LogP contribution in [0.5, 0.6) is 0 Å². The second-order valence-electron chi connectivity index (χ2n) is 5.50. The fourth-order valence-electron chi connectivity index (χ4n) is 2.61. The van der Waals surface area contributed by atoms with Crippen LogP contribution in [0.2, 0.25) is 0 Å². The third-order valence-corrected chi connectivity index (χ3v) is 3.86. The van der Waals surface area contributed by atoms with Crippen LogP contribution in [-0.4, -0.2) is 33.9 Å². The number of anilines is 2. The number of piperidine rings is 1. The van der Waals surface area contributed by atoms with E-state index in [2.05, 4.69) is 15.2 Å². The summed E-state index contributed by atoms with van der Waals surface area (Å²) in [6.45, 7) is 1.74. The zero-order valence-electron chi connectivity index (χ0n) is 12.7. The largest absolute Gasteiger partial charge is 0.423 e. The Balaban J connectivity index is 1.87. The van der Waals surface area contributed by atoms with Crippen molar-refractivity contribution in [1.29, 1.82) is 5.41 Å². The molecule has 3 N–H and O–H groups in total. The second kappa shape index (κ2) is 6.51. The maximum absolute atomic E-state index is 12.2. The minimum atomic E-state index is -0.379. The Morgan fingerprint density at radius 2 is 1.87 bits per heavy atom. The lowest BCUT2D eigenvalue weighted by atomic mass is 10.1. The fraction of sp³-hybridized carbons (Fsp3) is 0.312. The highest BCUT2D eigenvalue weighted by Gasteiger charge is 2.16. The minimum absolute atomic E-state index is 0.0491. The number of carbonyl (C=O) groups excluding carboxylic acids is 1. The van der Waals surface area contributed by atoms with Gasteiger partial charge in [0.25, 0.3) is 5.91 Å². The van der Waals surface area contributed by atoms with Crippen LogP contribution < -0.4 is 15.7 Å². The Labute approximate surface area is 133 Å². The molecule has 1 aliphatic rings. The summed E-state index contributed by atoms with van der Waals surface area (Å²) in [5.74, 6) is 0.173. The quantitative estimate of drug-likeness (QED) is 0.754. The zero-order chi connectivity index (χ0) is 16.2. The number of benzene rings is 1. The summed E-state index contributed by atoms with van der Waals surface area (Å²) in [5, 5.41) is 20.4. The van der Waals surface area contributed by atoms with E-state index < -0.39 is 0 Å². The summed E-state index contributed by atoms with van der Waals surface area (Å²) < 4.78 is 0.578. The highest BCUT2D eigenvalue weighted by molar-refractivity contribution is 6.03. The van der Waals surface area contributed by atoms with E-state index in [1.807, 2.05) is 6.07 Å². The summed E-state index contributed by atoms with van der Waals surface area (Å²) in [5.41, 5.74) is 0.341. The van der Waals surface area contributed by atoms with Gasteiger partial charge < -0.3 is 10.1 Å². The zero-order valence-corrected chi connectivity index (χ0v) is 12.7. The SMILES string of the molecule is N=c1cc(N2CCCCC2)nc(NC(=O)c2ccccc2)n1O. The molecule has 0 saturated carbocycles. The fourth-order valence-corrected chi connectivity index (χ4v) is 2.61. The molecule has 1 aliphatic heterocycles. The van der Waals surface area contributed by atoms with Crippen LogP contribution in [0.1, 0.15) is 29.6 Å². The van der Waals surface area contributed by atoms with E-state index in [0.29, 0.717) is 16.1 Å². The number of amides is 1. The summed E-state index contributed by atoms with van der Waals surface area (Å²) in [6, 6.07) is 10.2. The van der Waals surface area contributed by atoms with E-state index in [9.17, 15) is 10.0 Å². The van der Waals surface area contributed by atoms with Gasteiger partial charge in [0.2, 0.25) is 5.95 Å². The predicted molar refractivity (Wildman–Crippen MR) is 85.7 cm³/mol. The van der Waals surface area contributed by atoms with Gasteiger partial charge in [0, 0.05) is 24.7 Å². The first kappa shape index (κ1) is 15.1. The van der Waals surface area contributed by atoms with Crippen LogP contribution in [0.25, 0.3) is 0 Å². The van der Waals surface area contributed by atoms with Gasteiger partial charge in [-0.05, 0) is 31.4 Å². The van der Waals surface area contributed by atoms with Crippen LogP contribution in [0.3, 0.4) is 0 Å². The molecule has 0 aliphatic carbocycles. The van der Waals surface area contributed by atoms with Gasteiger partial charge in [-0.15, -0.1) is 4.73 Å². The molecule has 0 atom stereocenters. The van der Waals surface area contributed by atoms with Gasteiger partial charge in [0.15, 0.2) is 5.49 Å². The summed E-state index contributed by atoms with van der Waals surface area (Å²) in [6.07, 6.45) is 3.35. The molecule has 1 saturated heterocycles. The van der Waals surface area contributed by atoms with Gasteiger partial charge >= 0.3 is 0 Å². The maximum Gasteiger partial charge on any atom is 0.258 e. The predicted octanol–water partition coefficient (Wildman–Crippen LogP) is 1.84. The Hall–Kier alpha value is -2.83. The number of rotatable bonds is 3. The number of carbonyl (C=O) groups is 1. The van der Waals surface area contributed by atoms with Gasteiger partial charge in [0.1, 0.15) is 5.82 Å². The lowest BCUT2D eigenvalue weighted by Gasteiger charge is -2.28. The number of nitrogens with zero attached hydrogens (tertiary/aromatic N) is 3. The topological polar surface area (TPSA) is 94.2 Å². The average molecular weight is 313 g/mol. The van der Waals surface area contributed by atoms with E-state index in [1.54, 1.807) is 24.3 Å². The molecule has 1 aromatic carbocycles. The second-order valence-corrected chi connectivity index (χ2v) is 5.50. The molecule has 1 amide bonds. The summed E-state index contributed by atoms with van der Waals surface area (Å²) in [7, 11) is 0. The monoisotopic (exact) mass is 313 g/mol. The van der Waals surface area contributed by atoms with Crippen molar-refractivity contribution in [3.63, 3.8) is 0 Å². The van der Waals surface area contributed by atoms with E-state index >= 15 is 0 Å². The van der Waals surface area contributed by atoms with Crippen LogP contribution in [0.15, 0.2) is 36.4 Å². The van der Waals surface area contributed by atoms with Crippen LogP contribution in [0, 0.1) is 5.41 Å². The van der Waals surface area contributed by atoms with Crippen molar-refractivity contribution in [3.05, 3.63) is 47.4 Å². The molecule has 3 rings (SSSR count). The molecule has 1 aromatic heterocycles. The molecular weight excluding hydrogens is 294 g/mol. The van der Waals surface area contributed by atoms with Crippen LogP contribution >= 0.6 is 0 Å². The van der Waals surface area contributed by atoms with Crippen LogP contribution in [0.4, 0.5) is 11.8 Å². The molecule has 0 spiro atoms. The standard InChI is InChI=1S/C16H19N5O2/c17-13-11-14(20-9-5-2-6-10-20)18-16(21(13)23)19-15(22)12-7-3-1-4-8-12/h1,3-4,7-8,11,17,23H,2,5-6,9-10H2,(H,18,19,22). The number of hydrogen-bond donors (Lipinski definition) is 3. The first-order valence-electron chi connectivity index (χ1n) is 7.64. The molecule has 2 heterocycles. The Kier molecular flexibility index (Phi) is 4.27. The Morgan fingerprint density at radius 1 is 1.17 bits per heavy atom. The molecule has 2 aromatic rings. The number of aromatic nitrogens is 2. The molecule has 7 nitrogen and oxygen atoms in total. The smallest absolute Gasteiger partial charge is 0.258 e. The first-order chi connectivity index (χ1) is 11.1. The molecule has 0 radical (unpaired) electrons. The number of nitrogens with one attached hydrogen (secondary N) is 2. The lowest BCUT2D eigenvalue weighted by molar-refractivity contribution is 0.101. The number of hydrogen-bond acceptors (Lipinski definition) is 5. The van der Waals surface area contributed by atoms with Gasteiger partial charge in [-0.1, -0.05) is 18.2 Å². The van der Waals surface area contributed by atoms with E-state index in [-0.39, 0.29) is 17.3 Å². The van der Waals surface area contributed by atoms with Gasteiger partial charge in [-0.3, -0.25) is 15.5 Å². The summed E-state index contributed by atoms with van der Waals surface area (Å²) >= 11 is 0. The van der Waals surface area contributed by atoms with Crippen molar-refractivity contribution in [3.8, 4) is 0 Å². The molecule has 0 bridgehead atoms. The van der Waals surface area contributed by atoms with E-state index in [1.165, 1.54) is 12.5 Å². The lowest BCUT2D eigenvalue weighted by Crippen LogP contribution is -2.33. The van der Waals surface area contributed by atoms with Crippen molar-refractivity contribution in [2.45, 2.75) is 19.3 Å². The maximum atomic E-state index is 12.2. The highest BCUT2D eigenvalue weighted by Crippen LogP contribution is 2.17.